The van der Waals surface area contributed by atoms with Crippen LogP contribution in [0, 0.1) is 0 Å². The summed E-state index contributed by atoms with van der Waals surface area (Å²) in [6.45, 7) is -0.320. The molecule has 0 saturated heterocycles. The molecule has 0 radical (unpaired) electrons. The Morgan fingerprint density at radius 2 is 2.12 bits per heavy atom. The van der Waals surface area contributed by atoms with Gasteiger partial charge in [0.25, 0.3) is 0 Å². The summed E-state index contributed by atoms with van der Waals surface area (Å²) in [6.07, 6.45) is 2.87. The first-order valence-corrected chi connectivity index (χ1v) is 10.8. The molecule has 1 aliphatic rings. The number of hydrogen-bond donors (Lipinski definition) is 1. The number of nitrogens with one attached hydrogen (secondary N) is 1. The van der Waals surface area contributed by atoms with Crippen LogP contribution in [0.25, 0.3) is 0 Å². The number of fused-ring (bicyclic) bond motifs is 1. The molecular formula is C13H14N4O5S3. The normalized spacial score (nSPS) is 12.9. The van der Waals surface area contributed by atoms with E-state index in [-0.39, 0.29) is 6.79 Å². The summed E-state index contributed by atoms with van der Waals surface area (Å²) >= 11 is 2.62. The average molecular weight is 402 g/mol. The van der Waals surface area contributed by atoms with Crippen molar-refractivity contribution in [2.75, 3.05) is 35.5 Å². The highest BCUT2D eigenvalue weighted by Crippen LogP contribution is 2.36. The topological polar surface area (TPSA) is 111 Å². The molecule has 3 rings (SSSR count). The molecule has 9 nitrogen and oxygen atoms in total. The Morgan fingerprint density at radius 3 is 2.80 bits per heavy atom. The van der Waals surface area contributed by atoms with Crippen molar-refractivity contribution < 1.29 is 22.7 Å². The van der Waals surface area contributed by atoms with Crippen LogP contribution >= 0.6 is 23.1 Å². The third kappa shape index (κ3) is 4.14. The van der Waals surface area contributed by atoms with Crippen molar-refractivity contribution in [2.45, 2.75) is 4.34 Å². The molecular weight excluding hydrogens is 388 g/mol. The van der Waals surface area contributed by atoms with Gasteiger partial charge in [-0.25, -0.2) is 8.42 Å². The van der Waals surface area contributed by atoms with Crippen LogP contribution in [0.3, 0.4) is 0 Å². The molecule has 12 heteroatoms. The molecule has 0 bridgehead atoms. The summed E-state index contributed by atoms with van der Waals surface area (Å²) in [6, 6.07) is 4.68. The molecule has 134 valence electrons. The third-order valence-electron chi connectivity index (χ3n) is 3.16. The van der Waals surface area contributed by atoms with E-state index in [1.807, 2.05) is 6.26 Å². The summed E-state index contributed by atoms with van der Waals surface area (Å²) in [4.78, 5) is 12.2. The summed E-state index contributed by atoms with van der Waals surface area (Å²) in [5.41, 5.74) is 0.309. The van der Waals surface area contributed by atoms with Crippen LogP contribution in [-0.4, -0.2) is 50.4 Å². The Kier molecular flexibility index (Phi) is 5.01. The zero-order valence-corrected chi connectivity index (χ0v) is 15.7. The van der Waals surface area contributed by atoms with Crippen LogP contribution < -0.4 is 19.1 Å². The first-order chi connectivity index (χ1) is 11.9. The number of amides is 1. The maximum atomic E-state index is 12.2. The molecule has 1 aliphatic heterocycles. The summed E-state index contributed by atoms with van der Waals surface area (Å²) in [5.74, 6) is 0.437. The molecule has 1 aromatic heterocycles. The van der Waals surface area contributed by atoms with Gasteiger partial charge < -0.3 is 9.47 Å². The van der Waals surface area contributed by atoms with E-state index in [0.29, 0.717) is 26.7 Å². The van der Waals surface area contributed by atoms with Crippen molar-refractivity contribution in [1.82, 2.24) is 10.2 Å². The standard InChI is InChI=1S/C13H14N4O5S3/c1-23-13-16-15-12(24-13)14-11(18)6-17(25(2,19)20)8-3-4-9-10(5-8)22-7-21-9/h3-5H,6-7H2,1-2H3,(H,14,15,18). The quantitative estimate of drug-likeness (QED) is 0.570. The predicted octanol–water partition coefficient (Wildman–Crippen LogP) is 1.39. The van der Waals surface area contributed by atoms with E-state index in [2.05, 4.69) is 15.5 Å². The number of rotatable bonds is 6. The molecule has 2 heterocycles. The van der Waals surface area contributed by atoms with E-state index in [0.717, 1.165) is 10.6 Å². The van der Waals surface area contributed by atoms with Crippen molar-refractivity contribution in [3.05, 3.63) is 18.2 Å². The summed E-state index contributed by atoms with van der Waals surface area (Å²) < 4.78 is 36.4. The molecule has 1 N–H and O–H groups in total. The lowest BCUT2D eigenvalue weighted by Gasteiger charge is -2.21. The number of hydrogen-bond acceptors (Lipinski definition) is 9. The lowest BCUT2D eigenvalue weighted by atomic mass is 10.3. The smallest absolute Gasteiger partial charge is 0.246 e. The van der Waals surface area contributed by atoms with E-state index < -0.39 is 22.5 Å². The second kappa shape index (κ2) is 7.06. The highest BCUT2D eigenvalue weighted by Gasteiger charge is 2.24. The molecule has 0 atom stereocenters. The third-order valence-corrected chi connectivity index (χ3v) is 6.11. The minimum absolute atomic E-state index is 0.0764. The monoisotopic (exact) mass is 402 g/mol. The van der Waals surface area contributed by atoms with Crippen molar-refractivity contribution in [2.24, 2.45) is 0 Å². The van der Waals surface area contributed by atoms with Gasteiger partial charge in [-0.3, -0.25) is 14.4 Å². The van der Waals surface area contributed by atoms with Crippen LogP contribution in [0.5, 0.6) is 11.5 Å². The molecule has 25 heavy (non-hydrogen) atoms. The van der Waals surface area contributed by atoms with E-state index >= 15 is 0 Å². The molecule has 2 aromatic rings. The first kappa shape index (κ1) is 17.8. The Morgan fingerprint density at radius 1 is 1.36 bits per heavy atom. The number of ether oxygens (including phenoxy) is 2. The van der Waals surface area contributed by atoms with Crippen LogP contribution in [-0.2, 0) is 14.8 Å². The SMILES string of the molecule is CSc1nnc(NC(=O)CN(c2ccc3c(c2)OCO3)S(C)(=O)=O)s1. The van der Waals surface area contributed by atoms with Gasteiger partial charge in [-0.15, -0.1) is 10.2 Å². The van der Waals surface area contributed by atoms with Crippen molar-refractivity contribution >= 4 is 49.8 Å². The van der Waals surface area contributed by atoms with Crippen LogP contribution in [0.15, 0.2) is 22.5 Å². The van der Waals surface area contributed by atoms with Gasteiger partial charge in [0, 0.05) is 6.07 Å². The van der Waals surface area contributed by atoms with Gasteiger partial charge in [-0.1, -0.05) is 23.1 Å². The predicted molar refractivity (Wildman–Crippen MR) is 95.1 cm³/mol. The van der Waals surface area contributed by atoms with E-state index in [1.54, 1.807) is 12.1 Å². The minimum Gasteiger partial charge on any atom is -0.454 e. The second-order valence-corrected chi connectivity index (χ2v) is 8.87. The zero-order valence-electron chi connectivity index (χ0n) is 13.3. The van der Waals surface area contributed by atoms with Crippen LogP contribution in [0.2, 0.25) is 0 Å². The Balaban J connectivity index is 1.78. The van der Waals surface area contributed by atoms with Crippen LogP contribution in [0.4, 0.5) is 10.8 Å². The summed E-state index contributed by atoms with van der Waals surface area (Å²) in [5, 5.41) is 10.6. The highest BCUT2D eigenvalue weighted by molar-refractivity contribution is 8.00. The molecule has 0 fully saturated rings. The maximum absolute atomic E-state index is 12.2. The van der Waals surface area contributed by atoms with Gasteiger partial charge in [0.1, 0.15) is 6.54 Å². The molecule has 1 aromatic carbocycles. The second-order valence-electron chi connectivity index (χ2n) is 4.93. The van der Waals surface area contributed by atoms with Gasteiger partial charge in [-0.05, 0) is 18.4 Å². The molecule has 0 unspecified atom stereocenters. The largest absolute Gasteiger partial charge is 0.454 e. The maximum Gasteiger partial charge on any atom is 0.246 e. The van der Waals surface area contributed by atoms with Gasteiger partial charge in [0.15, 0.2) is 15.8 Å². The first-order valence-electron chi connectivity index (χ1n) is 6.91. The van der Waals surface area contributed by atoms with E-state index in [9.17, 15) is 13.2 Å². The molecule has 1 amide bonds. The average Bonchev–Trinajstić information content (AvgIpc) is 3.19. The number of carbonyl (C=O) groups is 1. The molecule has 0 saturated carbocycles. The van der Waals surface area contributed by atoms with Gasteiger partial charge in [0.05, 0.1) is 11.9 Å². The summed E-state index contributed by atoms with van der Waals surface area (Å²) in [7, 11) is -3.68. The number of thioether (sulfide) groups is 1. The van der Waals surface area contributed by atoms with E-state index in [1.165, 1.54) is 29.2 Å². The fourth-order valence-corrected chi connectivity index (χ4v) is 4.11. The van der Waals surface area contributed by atoms with Gasteiger partial charge in [0.2, 0.25) is 27.9 Å². The number of anilines is 2. The number of aromatic nitrogens is 2. The van der Waals surface area contributed by atoms with Crippen molar-refractivity contribution in [3.8, 4) is 11.5 Å². The zero-order chi connectivity index (χ0) is 18.0. The number of benzene rings is 1. The Bertz CT molecular complexity index is 899. The minimum atomic E-state index is -3.68. The Labute approximate surface area is 152 Å². The van der Waals surface area contributed by atoms with Crippen molar-refractivity contribution in [1.29, 1.82) is 0 Å². The fraction of sp³-hybridized carbons (Fsp3) is 0.308. The lowest BCUT2D eigenvalue weighted by molar-refractivity contribution is -0.114. The highest BCUT2D eigenvalue weighted by atomic mass is 32.2. The number of sulfonamides is 1. The molecule has 0 aliphatic carbocycles. The van der Waals surface area contributed by atoms with E-state index in [4.69, 9.17) is 9.47 Å². The number of carbonyl (C=O) groups excluding carboxylic acids is 1. The fourth-order valence-electron chi connectivity index (χ4n) is 2.07. The Hall–Kier alpha value is -2.05. The van der Waals surface area contributed by atoms with Gasteiger partial charge in [-0.2, -0.15) is 0 Å². The lowest BCUT2D eigenvalue weighted by Crippen LogP contribution is -2.37. The van der Waals surface area contributed by atoms with Gasteiger partial charge >= 0.3 is 0 Å². The van der Waals surface area contributed by atoms with Crippen molar-refractivity contribution in [3.63, 3.8) is 0 Å². The number of nitrogens with zero attached hydrogens (tertiary/aromatic N) is 3. The molecule has 0 spiro atoms. The van der Waals surface area contributed by atoms with Crippen LogP contribution in [0.1, 0.15) is 0 Å².